The molecule has 2 aromatic carbocycles. The Morgan fingerprint density at radius 1 is 1.10 bits per heavy atom. The van der Waals surface area contributed by atoms with Gasteiger partial charge in [-0.1, -0.05) is 30.3 Å². The highest BCUT2D eigenvalue weighted by atomic mass is 16.3. The first-order chi connectivity index (χ1) is 10.1. The fourth-order valence-electron chi connectivity index (χ4n) is 2.46. The Hall–Kier alpha value is -2.62. The minimum Gasteiger partial charge on any atom is -0.508 e. The second-order valence-electron chi connectivity index (χ2n) is 5.15. The number of amides is 1. The van der Waals surface area contributed by atoms with Crippen molar-refractivity contribution in [1.29, 1.82) is 0 Å². The number of para-hydroxylation sites is 1. The monoisotopic (exact) mass is 280 g/mol. The van der Waals surface area contributed by atoms with Crippen molar-refractivity contribution in [2.45, 2.75) is 13.3 Å². The van der Waals surface area contributed by atoms with E-state index >= 15 is 0 Å². The summed E-state index contributed by atoms with van der Waals surface area (Å²) >= 11 is 0. The molecule has 2 aromatic rings. The summed E-state index contributed by atoms with van der Waals surface area (Å²) in [4.78, 5) is 12.5. The maximum absolute atomic E-state index is 12.5. The molecule has 0 radical (unpaired) electrons. The standard InChI is InChI=1S/C17H16N2O2/c1-12-16(11-13-7-9-15(20)10-8-13)17(21)19(18-12)14-5-3-2-4-6-14/h2-10,16,20H,11H2,1H3/t16-/m1/s1. The number of carbonyl (C=O) groups excluding carboxylic acids is 1. The summed E-state index contributed by atoms with van der Waals surface area (Å²) in [6, 6.07) is 16.4. The summed E-state index contributed by atoms with van der Waals surface area (Å²) < 4.78 is 0. The number of hydrogen-bond acceptors (Lipinski definition) is 3. The summed E-state index contributed by atoms with van der Waals surface area (Å²) in [5.74, 6) is -0.0191. The number of nitrogens with zero attached hydrogens (tertiary/aromatic N) is 2. The third-order valence-corrected chi connectivity index (χ3v) is 3.65. The quantitative estimate of drug-likeness (QED) is 0.939. The second kappa shape index (κ2) is 5.40. The lowest BCUT2D eigenvalue weighted by molar-refractivity contribution is -0.119. The number of anilines is 1. The van der Waals surface area contributed by atoms with Crippen LogP contribution < -0.4 is 5.01 Å². The summed E-state index contributed by atoms with van der Waals surface area (Å²) in [5.41, 5.74) is 2.61. The maximum atomic E-state index is 12.5. The number of hydrogen-bond donors (Lipinski definition) is 1. The lowest BCUT2D eigenvalue weighted by Crippen LogP contribution is -2.28. The Morgan fingerprint density at radius 3 is 2.43 bits per heavy atom. The van der Waals surface area contributed by atoms with Crippen LogP contribution in [0.15, 0.2) is 59.7 Å². The van der Waals surface area contributed by atoms with Crippen molar-refractivity contribution >= 4 is 17.3 Å². The molecule has 1 heterocycles. The van der Waals surface area contributed by atoms with Gasteiger partial charge in [0, 0.05) is 5.71 Å². The Morgan fingerprint density at radius 2 is 1.76 bits per heavy atom. The molecule has 0 bridgehead atoms. The lowest BCUT2D eigenvalue weighted by atomic mass is 9.95. The molecule has 1 atom stereocenters. The van der Waals surface area contributed by atoms with E-state index in [1.165, 1.54) is 5.01 Å². The second-order valence-corrected chi connectivity index (χ2v) is 5.15. The van der Waals surface area contributed by atoms with Gasteiger partial charge in [-0.15, -0.1) is 0 Å². The molecule has 0 saturated heterocycles. The molecular formula is C17H16N2O2. The van der Waals surface area contributed by atoms with E-state index in [0.717, 1.165) is 17.0 Å². The molecule has 1 aliphatic heterocycles. The molecule has 4 nitrogen and oxygen atoms in total. The average Bonchev–Trinajstić information content (AvgIpc) is 2.78. The summed E-state index contributed by atoms with van der Waals surface area (Å²) in [5, 5.41) is 15.2. The highest BCUT2D eigenvalue weighted by Gasteiger charge is 2.34. The number of carbonyl (C=O) groups is 1. The van der Waals surface area contributed by atoms with E-state index in [1.807, 2.05) is 49.4 Å². The van der Waals surface area contributed by atoms with Crippen molar-refractivity contribution in [3.63, 3.8) is 0 Å². The van der Waals surface area contributed by atoms with E-state index in [0.29, 0.717) is 6.42 Å². The largest absolute Gasteiger partial charge is 0.508 e. The first-order valence-corrected chi connectivity index (χ1v) is 6.87. The highest BCUT2D eigenvalue weighted by molar-refractivity contribution is 6.14. The molecule has 0 spiro atoms. The topological polar surface area (TPSA) is 52.9 Å². The number of rotatable bonds is 3. The van der Waals surface area contributed by atoms with Crippen molar-refractivity contribution in [3.05, 3.63) is 60.2 Å². The number of phenolic OH excluding ortho intramolecular Hbond substituents is 1. The van der Waals surface area contributed by atoms with Crippen molar-refractivity contribution in [2.75, 3.05) is 5.01 Å². The van der Waals surface area contributed by atoms with Crippen LogP contribution in [0.25, 0.3) is 0 Å². The summed E-state index contributed by atoms with van der Waals surface area (Å²) in [6.45, 7) is 1.88. The van der Waals surface area contributed by atoms with E-state index in [9.17, 15) is 9.90 Å². The van der Waals surface area contributed by atoms with Crippen LogP contribution in [-0.4, -0.2) is 16.7 Å². The molecule has 1 N–H and O–H groups in total. The molecule has 4 heteroatoms. The average molecular weight is 280 g/mol. The number of benzene rings is 2. The minimum absolute atomic E-state index is 0.00762. The normalized spacial score (nSPS) is 18.0. The van der Waals surface area contributed by atoms with E-state index in [4.69, 9.17) is 0 Å². The third kappa shape index (κ3) is 2.65. The van der Waals surface area contributed by atoms with Crippen LogP contribution in [0.4, 0.5) is 5.69 Å². The van der Waals surface area contributed by atoms with Gasteiger partial charge in [0.15, 0.2) is 0 Å². The first-order valence-electron chi connectivity index (χ1n) is 6.87. The van der Waals surface area contributed by atoms with Crippen molar-refractivity contribution in [3.8, 4) is 5.75 Å². The van der Waals surface area contributed by atoms with Gasteiger partial charge in [0.25, 0.3) is 5.91 Å². The number of phenols is 1. The molecule has 0 unspecified atom stereocenters. The number of hydrazone groups is 1. The van der Waals surface area contributed by atoms with Crippen LogP contribution in [0.3, 0.4) is 0 Å². The molecule has 3 rings (SSSR count). The molecule has 0 fully saturated rings. The lowest BCUT2D eigenvalue weighted by Gasteiger charge is -2.14. The van der Waals surface area contributed by atoms with Gasteiger partial charge in [0.1, 0.15) is 5.75 Å². The van der Waals surface area contributed by atoms with Crippen LogP contribution in [-0.2, 0) is 11.2 Å². The van der Waals surface area contributed by atoms with E-state index in [2.05, 4.69) is 5.10 Å². The smallest absolute Gasteiger partial charge is 0.256 e. The van der Waals surface area contributed by atoms with E-state index < -0.39 is 0 Å². The fourth-order valence-corrected chi connectivity index (χ4v) is 2.46. The van der Waals surface area contributed by atoms with Crippen LogP contribution in [0.2, 0.25) is 0 Å². The van der Waals surface area contributed by atoms with Crippen molar-refractivity contribution in [1.82, 2.24) is 0 Å². The van der Waals surface area contributed by atoms with Gasteiger partial charge in [-0.25, -0.2) is 5.01 Å². The fraction of sp³-hybridized carbons (Fsp3) is 0.176. The van der Waals surface area contributed by atoms with Crippen LogP contribution in [0.1, 0.15) is 12.5 Å². The van der Waals surface area contributed by atoms with E-state index in [-0.39, 0.29) is 17.6 Å². The van der Waals surface area contributed by atoms with Gasteiger partial charge in [-0.3, -0.25) is 4.79 Å². The van der Waals surface area contributed by atoms with Gasteiger partial charge < -0.3 is 5.11 Å². The van der Waals surface area contributed by atoms with Crippen molar-refractivity contribution < 1.29 is 9.90 Å². The third-order valence-electron chi connectivity index (χ3n) is 3.65. The summed E-state index contributed by atoms with van der Waals surface area (Å²) in [7, 11) is 0. The van der Waals surface area contributed by atoms with Gasteiger partial charge in [0.2, 0.25) is 0 Å². The molecular weight excluding hydrogens is 264 g/mol. The molecule has 1 aliphatic rings. The zero-order valence-corrected chi connectivity index (χ0v) is 11.7. The molecule has 0 aliphatic carbocycles. The first kappa shape index (κ1) is 13.4. The molecule has 106 valence electrons. The molecule has 0 aromatic heterocycles. The Labute approximate surface area is 123 Å². The van der Waals surface area contributed by atoms with Gasteiger partial charge in [-0.05, 0) is 43.2 Å². The Balaban J connectivity index is 1.81. The van der Waals surface area contributed by atoms with Gasteiger partial charge in [0.05, 0.1) is 11.6 Å². The zero-order valence-electron chi connectivity index (χ0n) is 11.7. The molecule has 1 amide bonds. The zero-order chi connectivity index (χ0) is 14.8. The van der Waals surface area contributed by atoms with Crippen LogP contribution in [0.5, 0.6) is 5.75 Å². The van der Waals surface area contributed by atoms with Gasteiger partial charge >= 0.3 is 0 Å². The number of aromatic hydroxyl groups is 1. The van der Waals surface area contributed by atoms with Crippen molar-refractivity contribution in [2.24, 2.45) is 11.0 Å². The summed E-state index contributed by atoms with van der Waals surface area (Å²) in [6.07, 6.45) is 0.595. The van der Waals surface area contributed by atoms with Crippen LogP contribution >= 0.6 is 0 Å². The predicted molar refractivity (Wildman–Crippen MR) is 82.3 cm³/mol. The van der Waals surface area contributed by atoms with E-state index in [1.54, 1.807) is 12.1 Å². The Bertz CT molecular complexity index is 678. The van der Waals surface area contributed by atoms with Crippen LogP contribution in [0, 0.1) is 5.92 Å². The SMILES string of the molecule is CC1=NN(c2ccccc2)C(=O)[C@@H]1Cc1ccc(O)cc1. The highest BCUT2D eigenvalue weighted by Crippen LogP contribution is 2.26. The Kier molecular flexibility index (Phi) is 3.44. The predicted octanol–water partition coefficient (Wildman–Crippen LogP) is 2.97. The van der Waals surface area contributed by atoms with Gasteiger partial charge in [-0.2, -0.15) is 5.10 Å². The molecule has 0 saturated carbocycles. The maximum Gasteiger partial charge on any atom is 0.256 e. The minimum atomic E-state index is -0.241. The molecule has 21 heavy (non-hydrogen) atoms.